The number of carbonyl (C=O) groups excluding carboxylic acids is 2. The molecule has 0 spiro atoms. The van der Waals surface area contributed by atoms with Crippen LogP contribution >= 0.6 is 0 Å². The van der Waals surface area contributed by atoms with Gasteiger partial charge in [0.1, 0.15) is 24.4 Å². The quantitative estimate of drug-likeness (QED) is 0.0581. The van der Waals surface area contributed by atoms with Crippen LogP contribution in [-0.4, -0.2) is 71.2 Å². The Morgan fingerprint density at radius 3 is 1.78 bits per heavy atom. The predicted molar refractivity (Wildman–Crippen MR) is 181 cm³/mol. The van der Waals surface area contributed by atoms with Crippen molar-refractivity contribution in [1.82, 2.24) is 5.32 Å². The first kappa shape index (κ1) is 40.9. The molecule has 2 fully saturated rings. The van der Waals surface area contributed by atoms with E-state index in [0.717, 1.165) is 38.5 Å². The number of nitrogens with one attached hydrogen (secondary N) is 1. The fraction of sp³-hybridized carbons (Fsp3) is 0.946. The van der Waals surface area contributed by atoms with Crippen molar-refractivity contribution in [3.05, 3.63) is 0 Å². The molecular formula is C37H69NO8. The molecule has 1 amide bonds. The molecule has 0 aromatic rings. The van der Waals surface area contributed by atoms with Gasteiger partial charge in [-0.2, -0.15) is 0 Å². The van der Waals surface area contributed by atoms with E-state index in [2.05, 4.69) is 19.2 Å². The van der Waals surface area contributed by atoms with Gasteiger partial charge >= 0.3 is 5.97 Å². The van der Waals surface area contributed by atoms with Crippen LogP contribution in [0.3, 0.4) is 0 Å². The molecule has 1 unspecified atom stereocenters. The molecule has 2 rings (SSSR count). The van der Waals surface area contributed by atoms with Crippen molar-refractivity contribution in [3.63, 3.8) is 0 Å². The van der Waals surface area contributed by atoms with Gasteiger partial charge in [0.15, 0.2) is 12.1 Å². The fourth-order valence-corrected chi connectivity index (χ4v) is 6.65. The molecule has 9 heteroatoms. The van der Waals surface area contributed by atoms with Gasteiger partial charge in [-0.1, -0.05) is 129 Å². The highest BCUT2D eigenvalue weighted by atomic mass is 16.8. The molecule has 2 aliphatic heterocycles. The molecule has 46 heavy (non-hydrogen) atoms. The molecule has 3 N–H and O–H groups in total. The summed E-state index contributed by atoms with van der Waals surface area (Å²) in [7, 11) is 0. The van der Waals surface area contributed by atoms with E-state index < -0.39 is 49.1 Å². The highest BCUT2D eigenvalue weighted by Gasteiger charge is 2.56. The maximum atomic E-state index is 13.3. The van der Waals surface area contributed by atoms with E-state index in [0.29, 0.717) is 12.8 Å². The highest BCUT2D eigenvalue weighted by molar-refractivity contribution is 5.77. The number of amides is 1. The first-order valence-corrected chi connectivity index (χ1v) is 19.0. The van der Waals surface area contributed by atoms with Crippen molar-refractivity contribution in [2.75, 3.05) is 6.61 Å². The lowest BCUT2D eigenvalue weighted by atomic mass is 10.0. The minimum Gasteiger partial charge on any atom is -0.462 e. The molecule has 9 nitrogen and oxygen atoms in total. The Labute approximate surface area is 280 Å². The van der Waals surface area contributed by atoms with Gasteiger partial charge in [-0.15, -0.1) is 0 Å². The molecule has 0 aromatic carbocycles. The van der Waals surface area contributed by atoms with Crippen LogP contribution < -0.4 is 5.32 Å². The third-order valence-electron chi connectivity index (χ3n) is 9.31. The smallest absolute Gasteiger partial charge is 0.306 e. The van der Waals surface area contributed by atoms with Crippen LogP contribution in [0.25, 0.3) is 0 Å². The monoisotopic (exact) mass is 656 g/mol. The maximum absolute atomic E-state index is 13.3. The van der Waals surface area contributed by atoms with Gasteiger partial charge < -0.3 is 34.5 Å². The second-order valence-electron chi connectivity index (χ2n) is 14.1. The molecular weight excluding hydrogens is 586 g/mol. The zero-order valence-corrected chi connectivity index (χ0v) is 29.8. The number of fused-ring (bicyclic) bond motifs is 1. The molecule has 0 aromatic heterocycles. The molecule has 2 heterocycles. The summed E-state index contributed by atoms with van der Waals surface area (Å²) in [5.41, 5.74) is 0. The van der Waals surface area contributed by atoms with Crippen molar-refractivity contribution < 1.29 is 38.7 Å². The zero-order valence-electron chi connectivity index (χ0n) is 29.8. The molecule has 0 saturated carbocycles. The largest absolute Gasteiger partial charge is 0.462 e. The van der Waals surface area contributed by atoms with E-state index in [-0.39, 0.29) is 18.3 Å². The Hall–Kier alpha value is -1.26. The predicted octanol–water partition coefficient (Wildman–Crippen LogP) is 7.62. The van der Waals surface area contributed by atoms with Crippen LogP contribution in [0.15, 0.2) is 0 Å². The summed E-state index contributed by atoms with van der Waals surface area (Å²) in [5, 5.41) is 22.9. The number of hydrogen-bond donors (Lipinski definition) is 3. The fourth-order valence-electron chi connectivity index (χ4n) is 6.65. The van der Waals surface area contributed by atoms with Crippen LogP contribution in [0.1, 0.15) is 175 Å². The minimum absolute atomic E-state index is 0.0289. The van der Waals surface area contributed by atoms with Crippen LogP contribution in [0.2, 0.25) is 0 Å². The number of aliphatic hydroxyl groups is 2. The van der Waals surface area contributed by atoms with Crippen LogP contribution in [-0.2, 0) is 28.5 Å². The average molecular weight is 656 g/mol. The van der Waals surface area contributed by atoms with E-state index in [1.54, 1.807) is 13.8 Å². The van der Waals surface area contributed by atoms with Crippen LogP contribution in [0, 0.1) is 0 Å². The van der Waals surface area contributed by atoms with Crippen molar-refractivity contribution in [2.24, 2.45) is 0 Å². The summed E-state index contributed by atoms with van der Waals surface area (Å²) in [5.74, 6) is -1.44. The van der Waals surface area contributed by atoms with E-state index in [9.17, 15) is 19.8 Å². The first-order chi connectivity index (χ1) is 22.2. The van der Waals surface area contributed by atoms with Gasteiger partial charge in [0.2, 0.25) is 5.91 Å². The summed E-state index contributed by atoms with van der Waals surface area (Å²) in [6, 6.07) is -0.707. The summed E-state index contributed by atoms with van der Waals surface area (Å²) in [6.07, 6.45) is 21.2. The van der Waals surface area contributed by atoms with Gasteiger partial charge in [0, 0.05) is 6.42 Å². The summed E-state index contributed by atoms with van der Waals surface area (Å²) in [6.45, 7) is 7.49. The van der Waals surface area contributed by atoms with Gasteiger partial charge in [0.25, 0.3) is 0 Å². The second-order valence-corrected chi connectivity index (χ2v) is 14.1. The Morgan fingerprint density at radius 1 is 0.761 bits per heavy atom. The molecule has 2 saturated heterocycles. The topological polar surface area (TPSA) is 124 Å². The SMILES string of the molecule is CCCCCCCCCCCCCC(=O)OC(CCCCCCCCCCC)CC(=O)N[C@H]1[C@H]2OC(C)(C)O[C@H]2O[C@@H]1[C@H](O)CO. The van der Waals surface area contributed by atoms with Crippen LogP contribution in [0.4, 0.5) is 0 Å². The number of esters is 1. The number of carbonyl (C=O) groups is 2. The number of ether oxygens (including phenoxy) is 4. The Bertz CT molecular complexity index is 808. The molecule has 0 aliphatic carbocycles. The van der Waals surface area contributed by atoms with Crippen molar-refractivity contribution >= 4 is 11.9 Å². The summed E-state index contributed by atoms with van der Waals surface area (Å²) >= 11 is 0. The number of hydrogen-bond acceptors (Lipinski definition) is 8. The molecule has 6 atom stereocenters. The Kier molecular flexibility index (Phi) is 21.3. The molecule has 0 bridgehead atoms. The second kappa shape index (κ2) is 24.0. The maximum Gasteiger partial charge on any atom is 0.306 e. The number of aliphatic hydroxyl groups excluding tert-OH is 2. The Balaban J connectivity index is 1.81. The van der Waals surface area contributed by atoms with Gasteiger partial charge in [-0.25, -0.2) is 0 Å². The number of unbranched alkanes of at least 4 members (excludes halogenated alkanes) is 18. The van der Waals surface area contributed by atoms with Crippen molar-refractivity contribution in [2.45, 2.75) is 218 Å². The lowest BCUT2D eigenvalue weighted by Crippen LogP contribution is -2.53. The average Bonchev–Trinajstić information content (AvgIpc) is 3.50. The van der Waals surface area contributed by atoms with E-state index in [1.807, 2.05) is 0 Å². The van der Waals surface area contributed by atoms with Crippen LogP contribution in [0.5, 0.6) is 0 Å². The molecule has 2 aliphatic rings. The summed E-state index contributed by atoms with van der Waals surface area (Å²) < 4.78 is 23.5. The lowest BCUT2D eigenvalue weighted by Gasteiger charge is -2.29. The minimum atomic E-state index is -1.20. The number of rotatable bonds is 28. The molecule has 270 valence electrons. The van der Waals surface area contributed by atoms with E-state index >= 15 is 0 Å². The summed E-state index contributed by atoms with van der Waals surface area (Å²) in [4.78, 5) is 26.1. The highest BCUT2D eigenvalue weighted by Crippen LogP contribution is 2.38. The van der Waals surface area contributed by atoms with E-state index in [1.165, 1.54) is 89.9 Å². The first-order valence-electron chi connectivity index (χ1n) is 19.0. The van der Waals surface area contributed by atoms with Crippen molar-refractivity contribution in [3.8, 4) is 0 Å². The van der Waals surface area contributed by atoms with Gasteiger partial charge in [0.05, 0.1) is 19.1 Å². The molecule has 0 radical (unpaired) electrons. The lowest BCUT2D eigenvalue weighted by molar-refractivity contribution is -0.218. The third-order valence-corrected chi connectivity index (χ3v) is 9.31. The Morgan fingerprint density at radius 2 is 1.26 bits per heavy atom. The zero-order chi connectivity index (χ0) is 33.6. The van der Waals surface area contributed by atoms with E-state index in [4.69, 9.17) is 18.9 Å². The standard InChI is InChI=1S/C37H69NO8/c1-5-7-9-11-13-15-16-18-20-22-24-26-32(42)43-29(25-23-21-19-17-14-12-10-8-6-2)27-31(41)38-33-34(30(40)28-39)44-36-35(33)45-37(3,4)46-36/h29-30,33-36,39-40H,5-28H2,1-4H3,(H,38,41)/t29?,30-,33-,34-,35-,36-/m1/s1. The van der Waals surface area contributed by atoms with Gasteiger partial charge in [-0.05, 0) is 33.1 Å². The normalized spacial score (nSPS) is 23.3. The van der Waals surface area contributed by atoms with Gasteiger partial charge in [-0.3, -0.25) is 9.59 Å². The third kappa shape index (κ3) is 16.7. The van der Waals surface area contributed by atoms with Crippen molar-refractivity contribution in [1.29, 1.82) is 0 Å².